The van der Waals surface area contributed by atoms with Crippen molar-refractivity contribution in [3.8, 4) is 0 Å². The van der Waals surface area contributed by atoms with E-state index in [1.54, 1.807) is 0 Å². The molecule has 0 heterocycles. The van der Waals surface area contributed by atoms with Gasteiger partial charge in [0.25, 0.3) is 0 Å². The Balaban J connectivity index is 1.39. The second-order valence-electron chi connectivity index (χ2n) is 12.4. The molecule has 0 atom stereocenters. The highest BCUT2D eigenvalue weighted by atomic mass is 14.6. The highest BCUT2D eigenvalue weighted by Crippen LogP contribution is 2.68. The SMILES string of the molecule is c1ccc2c(c1)C1c3ccccc3C2(CC23c4ccccc4C(c4ccccc42)c2ccccc23)c2ccccc21. The van der Waals surface area contributed by atoms with Crippen molar-refractivity contribution >= 4 is 0 Å². The van der Waals surface area contributed by atoms with Crippen molar-refractivity contribution in [2.75, 3.05) is 0 Å². The minimum atomic E-state index is -0.282. The van der Waals surface area contributed by atoms with Crippen LogP contribution >= 0.6 is 0 Å². The summed E-state index contributed by atoms with van der Waals surface area (Å²) in [5.41, 5.74) is 17.2. The van der Waals surface area contributed by atoms with Crippen LogP contribution in [0.25, 0.3) is 0 Å². The number of hydrogen-bond acceptors (Lipinski definition) is 0. The summed E-state index contributed by atoms with van der Waals surface area (Å²) in [5.74, 6) is 0.568. The molecular formula is C41H28. The van der Waals surface area contributed by atoms with Crippen LogP contribution in [0.15, 0.2) is 146 Å². The lowest BCUT2D eigenvalue weighted by Gasteiger charge is -2.58. The molecule has 192 valence electrons. The first kappa shape index (κ1) is 22.1. The lowest BCUT2D eigenvalue weighted by atomic mass is 9.44. The molecule has 6 aliphatic carbocycles. The first-order valence-corrected chi connectivity index (χ1v) is 14.9. The topological polar surface area (TPSA) is 0 Å². The van der Waals surface area contributed by atoms with Gasteiger partial charge in [0, 0.05) is 22.7 Å². The number of benzene rings is 6. The predicted octanol–water partition coefficient (Wildman–Crippen LogP) is 9.06. The molecule has 41 heavy (non-hydrogen) atoms. The summed E-state index contributed by atoms with van der Waals surface area (Å²) in [6.07, 6.45) is 0.954. The van der Waals surface area contributed by atoms with Gasteiger partial charge in [0.05, 0.1) is 0 Å². The van der Waals surface area contributed by atoms with Crippen LogP contribution in [0.4, 0.5) is 0 Å². The van der Waals surface area contributed by atoms with Gasteiger partial charge in [0.2, 0.25) is 0 Å². The van der Waals surface area contributed by atoms with Crippen molar-refractivity contribution in [2.45, 2.75) is 29.1 Å². The maximum Gasteiger partial charge on any atom is 0.0475 e. The highest BCUT2D eigenvalue weighted by Gasteiger charge is 2.59. The lowest BCUT2D eigenvalue weighted by Crippen LogP contribution is -2.51. The van der Waals surface area contributed by atoms with Gasteiger partial charge in [-0.05, 0) is 73.2 Å². The third kappa shape index (κ3) is 2.42. The van der Waals surface area contributed by atoms with Gasteiger partial charge in [-0.2, -0.15) is 0 Å². The van der Waals surface area contributed by atoms with Crippen LogP contribution in [0.2, 0.25) is 0 Å². The quantitative estimate of drug-likeness (QED) is 0.214. The average Bonchev–Trinajstić information content (AvgIpc) is 3.05. The van der Waals surface area contributed by atoms with Crippen LogP contribution in [0.3, 0.4) is 0 Å². The summed E-state index contributed by atoms with van der Waals surface area (Å²) >= 11 is 0. The molecule has 6 aliphatic rings. The van der Waals surface area contributed by atoms with Gasteiger partial charge in [0.15, 0.2) is 0 Å². The van der Waals surface area contributed by atoms with Gasteiger partial charge >= 0.3 is 0 Å². The molecular weight excluding hydrogens is 492 g/mol. The van der Waals surface area contributed by atoms with E-state index in [0.717, 1.165) is 6.42 Å². The standard InChI is InChI=1S/C41H28/c1-7-19-32-26(13-1)38-27-14-2-8-20-33(27)40(32,34-21-9-3-15-28(34)38)25-41-35-22-10-4-16-29(35)39(30-17-5-11-23-36(30)41)31-18-6-12-24-37(31)41/h1-24,38-39H,25H2. The molecule has 0 spiro atoms. The van der Waals surface area contributed by atoms with Gasteiger partial charge in [-0.15, -0.1) is 0 Å². The maximum atomic E-state index is 2.43. The summed E-state index contributed by atoms with van der Waals surface area (Å²) in [7, 11) is 0. The highest BCUT2D eigenvalue weighted by molar-refractivity contribution is 5.76. The third-order valence-electron chi connectivity index (χ3n) is 10.9. The van der Waals surface area contributed by atoms with Crippen LogP contribution < -0.4 is 0 Å². The molecule has 0 fully saturated rings. The van der Waals surface area contributed by atoms with Crippen molar-refractivity contribution in [1.82, 2.24) is 0 Å². The number of hydrogen-bond donors (Lipinski definition) is 0. The molecule has 0 unspecified atom stereocenters. The fourth-order valence-corrected chi connectivity index (χ4v) is 9.67. The van der Waals surface area contributed by atoms with E-state index >= 15 is 0 Å². The molecule has 0 saturated carbocycles. The summed E-state index contributed by atoms with van der Waals surface area (Å²) in [4.78, 5) is 0. The summed E-state index contributed by atoms with van der Waals surface area (Å²) < 4.78 is 0. The molecule has 12 rings (SSSR count). The molecule has 0 saturated heterocycles. The second kappa shape index (κ2) is 7.53. The molecule has 0 aromatic heterocycles. The van der Waals surface area contributed by atoms with E-state index in [2.05, 4.69) is 146 Å². The van der Waals surface area contributed by atoms with Gasteiger partial charge in [0.1, 0.15) is 0 Å². The van der Waals surface area contributed by atoms with Gasteiger partial charge < -0.3 is 0 Å². The Labute approximate surface area is 241 Å². The Morgan fingerprint density at radius 2 is 0.488 bits per heavy atom. The lowest BCUT2D eigenvalue weighted by molar-refractivity contribution is 0.392. The van der Waals surface area contributed by atoms with E-state index in [1.807, 2.05) is 0 Å². The Kier molecular flexibility index (Phi) is 4.05. The van der Waals surface area contributed by atoms with Gasteiger partial charge in [-0.1, -0.05) is 146 Å². The van der Waals surface area contributed by atoms with Gasteiger partial charge in [-0.25, -0.2) is 0 Å². The Hall–Kier alpha value is -4.68. The smallest absolute Gasteiger partial charge is 0.0475 e. The molecule has 0 nitrogen and oxygen atoms in total. The fourth-order valence-electron chi connectivity index (χ4n) is 9.67. The first-order valence-electron chi connectivity index (χ1n) is 14.9. The third-order valence-corrected chi connectivity index (χ3v) is 10.9. The van der Waals surface area contributed by atoms with Crippen LogP contribution in [-0.2, 0) is 10.8 Å². The maximum absolute atomic E-state index is 2.43. The summed E-state index contributed by atoms with van der Waals surface area (Å²) in [6, 6.07) is 56.0. The monoisotopic (exact) mass is 520 g/mol. The predicted molar refractivity (Wildman–Crippen MR) is 165 cm³/mol. The molecule has 0 radical (unpaired) electrons. The minimum Gasteiger partial charge on any atom is -0.0619 e. The van der Waals surface area contributed by atoms with E-state index in [9.17, 15) is 0 Å². The zero-order valence-corrected chi connectivity index (χ0v) is 22.7. The van der Waals surface area contributed by atoms with E-state index in [1.165, 1.54) is 66.8 Å². The molecule has 6 aromatic carbocycles. The summed E-state index contributed by atoms with van der Waals surface area (Å²) in [5, 5.41) is 0. The van der Waals surface area contributed by atoms with Crippen molar-refractivity contribution in [1.29, 1.82) is 0 Å². The minimum absolute atomic E-state index is 0.282. The Morgan fingerprint density at radius 3 is 0.707 bits per heavy atom. The number of rotatable bonds is 2. The van der Waals surface area contributed by atoms with Crippen molar-refractivity contribution in [2.24, 2.45) is 0 Å². The van der Waals surface area contributed by atoms with Crippen LogP contribution in [0.1, 0.15) is 85.0 Å². The van der Waals surface area contributed by atoms with Crippen LogP contribution in [-0.4, -0.2) is 0 Å². The van der Waals surface area contributed by atoms with E-state index in [-0.39, 0.29) is 22.7 Å². The van der Waals surface area contributed by atoms with Crippen LogP contribution in [0.5, 0.6) is 0 Å². The zero-order chi connectivity index (χ0) is 26.8. The molecule has 4 bridgehead atoms. The molecule has 0 N–H and O–H groups in total. The normalized spacial score (nSPS) is 24.9. The summed E-state index contributed by atoms with van der Waals surface area (Å²) in [6.45, 7) is 0. The first-order chi connectivity index (χ1) is 20.3. The zero-order valence-electron chi connectivity index (χ0n) is 22.7. The Bertz CT molecular complexity index is 1680. The van der Waals surface area contributed by atoms with Gasteiger partial charge in [-0.3, -0.25) is 0 Å². The average molecular weight is 521 g/mol. The largest absolute Gasteiger partial charge is 0.0619 e. The molecule has 0 heteroatoms. The second-order valence-corrected chi connectivity index (χ2v) is 12.4. The van der Waals surface area contributed by atoms with Crippen molar-refractivity contribution in [3.05, 3.63) is 212 Å². The van der Waals surface area contributed by atoms with E-state index in [4.69, 9.17) is 0 Å². The fraction of sp³-hybridized carbons (Fsp3) is 0.122. The molecule has 0 amide bonds. The Morgan fingerprint density at radius 1 is 0.293 bits per heavy atom. The van der Waals surface area contributed by atoms with Crippen molar-refractivity contribution < 1.29 is 0 Å². The van der Waals surface area contributed by atoms with E-state index in [0.29, 0.717) is 0 Å². The molecule has 6 aromatic rings. The van der Waals surface area contributed by atoms with Crippen LogP contribution in [0, 0.1) is 0 Å². The van der Waals surface area contributed by atoms with Crippen molar-refractivity contribution in [3.63, 3.8) is 0 Å². The molecule has 0 aliphatic heterocycles. The van der Waals surface area contributed by atoms with E-state index < -0.39 is 0 Å².